The van der Waals surface area contributed by atoms with Crippen molar-refractivity contribution in [1.29, 1.82) is 0 Å². The highest BCUT2D eigenvalue weighted by molar-refractivity contribution is 5.97. The molecule has 6 nitrogen and oxygen atoms in total. The summed E-state index contributed by atoms with van der Waals surface area (Å²) in [5, 5.41) is 6.13. The second-order valence-electron chi connectivity index (χ2n) is 5.71. The first-order chi connectivity index (χ1) is 11.1. The van der Waals surface area contributed by atoms with Gasteiger partial charge in [0, 0.05) is 12.4 Å². The largest absolute Gasteiger partial charge is 0.478 e. The first kappa shape index (κ1) is 15.3. The van der Waals surface area contributed by atoms with E-state index < -0.39 is 6.10 Å². The van der Waals surface area contributed by atoms with Gasteiger partial charge in [0.1, 0.15) is 5.75 Å². The topological polar surface area (TPSA) is 76.1 Å². The highest BCUT2D eigenvalue weighted by Gasteiger charge is 2.26. The number of ether oxygens (including phenoxy) is 1. The van der Waals surface area contributed by atoms with E-state index >= 15 is 0 Å². The van der Waals surface area contributed by atoms with Crippen LogP contribution >= 0.6 is 0 Å². The molecular weight excluding hydrogens is 292 g/mol. The van der Waals surface area contributed by atoms with Gasteiger partial charge in [-0.1, -0.05) is 13.0 Å². The summed E-state index contributed by atoms with van der Waals surface area (Å²) in [5.41, 5.74) is 2.77. The van der Waals surface area contributed by atoms with Gasteiger partial charge in [0.05, 0.1) is 11.7 Å². The van der Waals surface area contributed by atoms with Crippen molar-refractivity contribution in [2.24, 2.45) is 0 Å². The molecule has 1 amide bonds. The minimum atomic E-state index is -0.429. The molecule has 1 aliphatic heterocycles. The fourth-order valence-electron chi connectivity index (χ4n) is 2.44. The molecule has 3 rings (SSSR count). The van der Waals surface area contributed by atoms with Crippen LogP contribution in [0, 0.1) is 6.92 Å². The standard InChI is InChI=1S/C17H20N4O2/c1-4-14-16(22)21-13-6-5-12(7-15(13)23-14)11(3)20-17-18-8-10(2)9-19-17/h5-9,11,14H,4H2,1-3H3,(H,21,22)(H,18,19,20). The van der Waals surface area contributed by atoms with E-state index in [0.29, 0.717) is 23.8 Å². The number of benzene rings is 1. The molecule has 120 valence electrons. The number of anilines is 2. The summed E-state index contributed by atoms with van der Waals surface area (Å²) in [5.74, 6) is 1.20. The van der Waals surface area contributed by atoms with Crippen molar-refractivity contribution < 1.29 is 9.53 Å². The number of carbonyl (C=O) groups excluding carboxylic acids is 1. The number of aryl methyl sites for hydroxylation is 1. The van der Waals surface area contributed by atoms with Gasteiger partial charge in [-0.2, -0.15) is 0 Å². The van der Waals surface area contributed by atoms with Gasteiger partial charge in [-0.15, -0.1) is 0 Å². The van der Waals surface area contributed by atoms with Crippen molar-refractivity contribution in [3.63, 3.8) is 0 Å². The molecule has 1 aromatic carbocycles. The molecule has 0 radical (unpaired) electrons. The molecule has 2 aromatic rings. The van der Waals surface area contributed by atoms with Crippen LogP contribution in [0.5, 0.6) is 5.75 Å². The number of fused-ring (bicyclic) bond motifs is 1. The molecule has 2 unspecified atom stereocenters. The predicted molar refractivity (Wildman–Crippen MR) is 88.6 cm³/mol. The summed E-state index contributed by atoms with van der Waals surface area (Å²) in [6, 6.07) is 5.79. The van der Waals surface area contributed by atoms with Gasteiger partial charge in [-0.25, -0.2) is 9.97 Å². The summed E-state index contributed by atoms with van der Waals surface area (Å²) in [4.78, 5) is 20.3. The molecule has 6 heteroatoms. The van der Waals surface area contributed by atoms with Crippen LogP contribution in [0.15, 0.2) is 30.6 Å². The molecule has 0 fully saturated rings. The zero-order valence-electron chi connectivity index (χ0n) is 13.5. The third-order valence-corrected chi connectivity index (χ3v) is 3.82. The van der Waals surface area contributed by atoms with Gasteiger partial charge in [0.15, 0.2) is 6.10 Å². The third-order valence-electron chi connectivity index (χ3n) is 3.82. The minimum absolute atomic E-state index is 0.0179. The molecule has 0 saturated carbocycles. The average molecular weight is 312 g/mol. The van der Waals surface area contributed by atoms with E-state index in [9.17, 15) is 4.79 Å². The average Bonchev–Trinajstić information content (AvgIpc) is 2.55. The normalized spacial score (nSPS) is 17.7. The molecule has 1 aliphatic rings. The first-order valence-corrected chi connectivity index (χ1v) is 7.73. The highest BCUT2D eigenvalue weighted by Crippen LogP contribution is 2.33. The lowest BCUT2D eigenvalue weighted by atomic mass is 10.1. The Morgan fingerprint density at radius 1 is 1.35 bits per heavy atom. The Bertz CT molecular complexity index is 715. The van der Waals surface area contributed by atoms with Crippen LogP contribution in [0.1, 0.15) is 37.4 Å². The van der Waals surface area contributed by atoms with Gasteiger partial charge in [0.25, 0.3) is 5.91 Å². The van der Waals surface area contributed by atoms with Crippen molar-refractivity contribution in [3.05, 3.63) is 41.7 Å². The van der Waals surface area contributed by atoms with Gasteiger partial charge < -0.3 is 15.4 Å². The van der Waals surface area contributed by atoms with Crippen molar-refractivity contribution in [2.45, 2.75) is 39.3 Å². The summed E-state index contributed by atoms with van der Waals surface area (Å²) in [7, 11) is 0. The molecule has 2 N–H and O–H groups in total. The Morgan fingerprint density at radius 2 is 2.09 bits per heavy atom. The summed E-state index contributed by atoms with van der Waals surface area (Å²) in [6.07, 6.45) is 3.76. The summed E-state index contributed by atoms with van der Waals surface area (Å²) < 4.78 is 5.78. The minimum Gasteiger partial charge on any atom is -0.478 e. The van der Waals surface area contributed by atoms with Crippen molar-refractivity contribution in [1.82, 2.24) is 9.97 Å². The molecule has 0 aliphatic carbocycles. The van der Waals surface area contributed by atoms with E-state index in [2.05, 4.69) is 20.6 Å². The summed E-state index contributed by atoms with van der Waals surface area (Å²) >= 11 is 0. The van der Waals surface area contributed by atoms with Crippen LogP contribution in [0.3, 0.4) is 0 Å². The van der Waals surface area contributed by atoms with Crippen molar-refractivity contribution in [2.75, 3.05) is 10.6 Å². The maximum Gasteiger partial charge on any atom is 0.265 e. The number of nitrogens with zero attached hydrogens (tertiary/aromatic N) is 2. The number of hydrogen-bond donors (Lipinski definition) is 2. The van der Waals surface area contributed by atoms with E-state index in [4.69, 9.17) is 4.74 Å². The number of aromatic nitrogens is 2. The maximum absolute atomic E-state index is 11.8. The van der Waals surface area contributed by atoms with Crippen LogP contribution in [0.2, 0.25) is 0 Å². The van der Waals surface area contributed by atoms with Crippen molar-refractivity contribution >= 4 is 17.5 Å². The third kappa shape index (κ3) is 3.26. The first-order valence-electron chi connectivity index (χ1n) is 7.73. The van der Waals surface area contributed by atoms with E-state index in [-0.39, 0.29) is 11.9 Å². The van der Waals surface area contributed by atoms with E-state index in [1.807, 2.05) is 39.0 Å². The quantitative estimate of drug-likeness (QED) is 0.907. The maximum atomic E-state index is 11.8. The zero-order chi connectivity index (χ0) is 16.4. The van der Waals surface area contributed by atoms with Crippen LogP contribution in [-0.4, -0.2) is 22.0 Å². The predicted octanol–water partition coefficient (Wildman–Crippen LogP) is 3.07. The SMILES string of the molecule is CCC1Oc2cc(C(C)Nc3ncc(C)cn3)ccc2NC1=O. The number of nitrogens with one attached hydrogen (secondary N) is 2. The lowest BCUT2D eigenvalue weighted by molar-refractivity contribution is -0.123. The summed E-state index contributed by atoms with van der Waals surface area (Å²) in [6.45, 7) is 5.91. The van der Waals surface area contributed by atoms with Crippen LogP contribution in [0.25, 0.3) is 0 Å². The highest BCUT2D eigenvalue weighted by atomic mass is 16.5. The zero-order valence-corrected chi connectivity index (χ0v) is 13.5. The molecule has 2 heterocycles. The Hall–Kier alpha value is -2.63. The number of carbonyl (C=O) groups is 1. The van der Waals surface area contributed by atoms with Gasteiger partial charge >= 0.3 is 0 Å². The lowest BCUT2D eigenvalue weighted by Crippen LogP contribution is -2.36. The Labute approximate surface area is 135 Å². The van der Waals surface area contributed by atoms with E-state index in [1.54, 1.807) is 12.4 Å². The monoisotopic (exact) mass is 312 g/mol. The number of rotatable bonds is 4. The number of amides is 1. The van der Waals surface area contributed by atoms with Gasteiger partial charge in [-0.3, -0.25) is 4.79 Å². The Balaban J connectivity index is 1.78. The molecule has 1 aromatic heterocycles. The molecule has 0 bridgehead atoms. The van der Waals surface area contributed by atoms with Crippen LogP contribution < -0.4 is 15.4 Å². The van der Waals surface area contributed by atoms with Crippen molar-refractivity contribution in [3.8, 4) is 5.75 Å². The number of hydrogen-bond acceptors (Lipinski definition) is 5. The fourth-order valence-corrected chi connectivity index (χ4v) is 2.44. The molecular formula is C17H20N4O2. The Morgan fingerprint density at radius 3 is 2.78 bits per heavy atom. The van der Waals surface area contributed by atoms with Crippen LogP contribution in [-0.2, 0) is 4.79 Å². The molecule has 0 spiro atoms. The smallest absolute Gasteiger partial charge is 0.265 e. The second-order valence-corrected chi connectivity index (χ2v) is 5.71. The Kier molecular flexibility index (Phi) is 4.14. The van der Waals surface area contributed by atoms with E-state index in [1.165, 1.54) is 0 Å². The van der Waals surface area contributed by atoms with E-state index in [0.717, 1.165) is 11.1 Å². The molecule has 23 heavy (non-hydrogen) atoms. The molecule has 0 saturated heterocycles. The second kappa shape index (κ2) is 6.24. The van der Waals surface area contributed by atoms with Crippen LogP contribution in [0.4, 0.5) is 11.6 Å². The molecule has 2 atom stereocenters. The lowest BCUT2D eigenvalue weighted by Gasteiger charge is -2.26. The van der Waals surface area contributed by atoms with Gasteiger partial charge in [0.2, 0.25) is 5.95 Å². The van der Waals surface area contributed by atoms with Gasteiger partial charge in [-0.05, 0) is 43.5 Å². The fraction of sp³-hybridized carbons (Fsp3) is 0.353.